The van der Waals surface area contributed by atoms with Gasteiger partial charge in [0.15, 0.2) is 11.6 Å². The average molecular weight is 365 g/mol. The smallest absolute Gasteiger partial charge is 0.234 e. The summed E-state index contributed by atoms with van der Waals surface area (Å²) in [5, 5.41) is -0.320. The van der Waals surface area contributed by atoms with Crippen LogP contribution in [0.25, 0.3) is 0 Å². The summed E-state index contributed by atoms with van der Waals surface area (Å²) in [4.78, 5) is 13.8. The molecule has 2 aromatic carbocycles. The maximum absolute atomic E-state index is 14.0. The number of amides is 1. The molecule has 1 atom stereocenters. The summed E-state index contributed by atoms with van der Waals surface area (Å²) >= 11 is 1.43. The third kappa shape index (κ3) is 3.56. The van der Waals surface area contributed by atoms with E-state index in [2.05, 4.69) is 0 Å². The van der Waals surface area contributed by atoms with Crippen molar-refractivity contribution in [1.29, 1.82) is 0 Å². The van der Waals surface area contributed by atoms with Crippen LogP contribution in [-0.2, 0) is 11.3 Å². The topological polar surface area (TPSA) is 38.8 Å². The van der Waals surface area contributed by atoms with Gasteiger partial charge in [-0.2, -0.15) is 0 Å². The van der Waals surface area contributed by atoms with Crippen molar-refractivity contribution < 1.29 is 23.0 Å². The SMILES string of the molecule is COc1cc(OC)cc(C2SCC(=O)N2Cc2cccc(F)c2F)c1. The van der Waals surface area contributed by atoms with Crippen molar-refractivity contribution in [3.63, 3.8) is 0 Å². The normalized spacial score (nSPS) is 17.0. The first-order valence-electron chi connectivity index (χ1n) is 7.60. The van der Waals surface area contributed by atoms with Crippen LogP contribution in [0, 0.1) is 11.6 Å². The van der Waals surface area contributed by atoms with Gasteiger partial charge in [0.05, 0.1) is 26.5 Å². The highest BCUT2D eigenvalue weighted by Crippen LogP contribution is 2.42. The maximum Gasteiger partial charge on any atom is 0.234 e. The Balaban J connectivity index is 1.93. The second-order valence-corrected chi connectivity index (χ2v) is 6.61. The van der Waals surface area contributed by atoms with Crippen LogP contribution in [0.15, 0.2) is 36.4 Å². The molecule has 1 aliphatic heterocycles. The van der Waals surface area contributed by atoms with E-state index in [9.17, 15) is 13.6 Å². The van der Waals surface area contributed by atoms with Gasteiger partial charge < -0.3 is 14.4 Å². The third-order valence-corrected chi connectivity index (χ3v) is 5.26. The summed E-state index contributed by atoms with van der Waals surface area (Å²) in [6.07, 6.45) is 0. The summed E-state index contributed by atoms with van der Waals surface area (Å²) in [5.41, 5.74) is 0.958. The Morgan fingerprint density at radius 3 is 2.48 bits per heavy atom. The number of hydrogen-bond donors (Lipinski definition) is 0. The van der Waals surface area contributed by atoms with Gasteiger partial charge >= 0.3 is 0 Å². The van der Waals surface area contributed by atoms with Crippen molar-refractivity contribution in [3.8, 4) is 11.5 Å². The summed E-state index contributed by atoms with van der Waals surface area (Å²) in [6.45, 7) is -0.000378. The molecule has 132 valence electrons. The van der Waals surface area contributed by atoms with Crippen LogP contribution in [0.1, 0.15) is 16.5 Å². The fourth-order valence-corrected chi connectivity index (χ4v) is 3.89. The molecule has 3 rings (SSSR count). The first-order valence-corrected chi connectivity index (χ1v) is 8.65. The zero-order valence-electron chi connectivity index (χ0n) is 13.8. The highest BCUT2D eigenvalue weighted by Gasteiger charge is 2.34. The Morgan fingerprint density at radius 2 is 1.84 bits per heavy atom. The van der Waals surface area contributed by atoms with Crippen molar-refractivity contribution in [2.75, 3.05) is 20.0 Å². The lowest BCUT2D eigenvalue weighted by Gasteiger charge is -2.25. The van der Waals surface area contributed by atoms with Crippen molar-refractivity contribution >= 4 is 17.7 Å². The minimum Gasteiger partial charge on any atom is -0.497 e. The number of nitrogens with zero attached hydrogens (tertiary/aromatic N) is 1. The molecule has 25 heavy (non-hydrogen) atoms. The van der Waals surface area contributed by atoms with E-state index in [1.165, 1.54) is 28.8 Å². The molecular formula is C18H17F2NO3S. The first-order chi connectivity index (χ1) is 12.0. The van der Waals surface area contributed by atoms with Crippen molar-refractivity contribution in [1.82, 2.24) is 4.90 Å². The van der Waals surface area contributed by atoms with Crippen LogP contribution in [0.3, 0.4) is 0 Å². The van der Waals surface area contributed by atoms with Crippen LogP contribution >= 0.6 is 11.8 Å². The predicted molar refractivity (Wildman–Crippen MR) is 91.7 cm³/mol. The molecule has 0 N–H and O–H groups in total. The van der Waals surface area contributed by atoms with Gasteiger partial charge in [-0.05, 0) is 23.8 Å². The first kappa shape index (κ1) is 17.5. The number of carbonyl (C=O) groups excluding carboxylic acids is 1. The fourth-order valence-electron chi connectivity index (χ4n) is 2.73. The van der Waals surface area contributed by atoms with Gasteiger partial charge in [0, 0.05) is 11.6 Å². The minimum atomic E-state index is -0.922. The lowest BCUT2D eigenvalue weighted by atomic mass is 10.1. The standard InChI is InChI=1S/C18H17F2NO3S/c1-23-13-6-12(7-14(8-13)24-2)18-21(16(22)10-25-18)9-11-4-3-5-15(19)17(11)20/h3-8,18H,9-10H2,1-2H3. The molecule has 1 fully saturated rings. The number of hydrogen-bond acceptors (Lipinski definition) is 4. The van der Waals surface area contributed by atoms with Crippen molar-refractivity contribution in [3.05, 3.63) is 59.2 Å². The molecule has 2 aromatic rings. The van der Waals surface area contributed by atoms with E-state index in [0.717, 1.165) is 11.6 Å². The third-order valence-electron chi connectivity index (χ3n) is 4.00. The van der Waals surface area contributed by atoms with E-state index in [1.54, 1.807) is 20.3 Å². The van der Waals surface area contributed by atoms with Gasteiger partial charge in [0.1, 0.15) is 16.9 Å². The highest BCUT2D eigenvalue weighted by atomic mass is 32.2. The minimum absolute atomic E-state index is 0.000378. The van der Waals surface area contributed by atoms with Crippen molar-refractivity contribution in [2.45, 2.75) is 11.9 Å². The maximum atomic E-state index is 14.0. The Kier molecular flexibility index (Phi) is 5.13. The number of thioether (sulfide) groups is 1. The lowest BCUT2D eigenvalue weighted by molar-refractivity contribution is -0.128. The van der Waals surface area contributed by atoms with Gasteiger partial charge in [-0.1, -0.05) is 12.1 Å². The molecule has 1 unspecified atom stereocenters. The molecule has 7 heteroatoms. The Hall–Kier alpha value is -2.28. The van der Waals surface area contributed by atoms with E-state index in [1.807, 2.05) is 12.1 Å². The quantitative estimate of drug-likeness (QED) is 0.809. The van der Waals surface area contributed by atoms with Crippen LogP contribution in [0.5, 0.6) is 11.5 Å². The molecule has 0 spiro atoms. The van der Waals surface area contributed by atoms with E-state index in [0.29, 0.717) is 11.5 Å². The van der Waals surface area contributed by atoms with Gasteiger partial charge in [-0.15, -0.1) is 11.8 Å². The van der Waals surface area contributed by atoms with E-state index in [-0.39, 0.29) is 29.1 Å². The number of halogens is 2. The van der Waals surface area contributed by atoms with Crippen LogP contribution < -0.4 is 9.47 Å². The van der Waals surface area contributed by atoms with E-state index in [4.69, 9.17) is 9.47 Å². The van der Waals surface area contributed by atoms with Gasteiger partial charge in [-0.3, -0.25) is 4.79 Å². The molecule has 4 nitrogen and oxygen atoms in total. The Labute approximate surface area is 148 Å². The number of ether oxygens (including phenoxy) is 2. The summed E-state index contributed by atoms with van der Waals surface area (Å²) in [7, 11) is 3.09. The molecule has 0 bridgehead atoms. The molecule has 0 radical (unpaired) electrons. The summed E-state index contributed by atoms with van der Waals surface area (Å²) in [6, 6.07) is 9.34. The molecule has 0 aromatic heterocycles. The molecular weight excluding hydrogens is 348 g/mol. The number of methoxy groups -OCH3 is 2. The summed E-state index contributed by atoms with van der Waals surface area (Å²) < 4.78 is 38.0. The van der Waals surface area contributed by atoms with Gasteiger partial charge in [0.2, 0.25) is 5.91 Å². The van der Waals surface area contributed by atoms with Gasteiger partial charge in [0.25, 0.3) is 0 Å². The van der Waals surface area contributed by atoms with Crippen molar-refractivity contribution in [2.24, 2.45) is 0 Å². The Bertz CT molecular complexity index is 778. The largest absolute Gasteiger partial charge is 0.497 e. The lowest BCUT2D eigenvalue weighted by Crippen LogP contribution is -2.28. The van der Waals surface area contributed by atoms with Crippen LogP contribution in [0.4, 0.5) is 8.78 Å². The van der Waals surface area contributed by atoms with Gasteiger partial charge in [-0.25, -0.2) is 8.78 Å². The average Bonchev–Trinajstić information content (AvgIpc) is 2.99. The zero-order chi connectivity index (χ0) is 18.0. The molecule has 1 amide bonds. The monoisotopic (exact) mass is 365 g/mol. The molecule has 1 heterocycles. The number of rotatable bonds is 5. The summed E-state index contributed by atoms with van der Waals surface area (Å²) in [5.74, 6) is -0.482. The second-order valence-electron chi connectivity index (χ2n) is 5.54. The van der Waals surface area contributed by atoms with E-state index >= 15 is 0 Å². The van der Waals surface area contributed by atoms with Crippen LogP contribution in [-0.4, -0.2) is 30.8 Å². The highest BCUT2D eigenvalue weighted by molar-refractivity contribution is 8.00. The predicted octanol–water partition coefficient (Wildman–Crippen LogP) is 3.76. The van der Waals surface area contributed by atoms with Crippen LogP contribution in [0.2, 0.25) is 0 Å². The van der Waals surface area contributed by atoms with E-state index < -0.39 is 11.6 Å². The number of carbonyl (C=O) groups is 1. The molecule has 1 aliphatic rings. The zero-order valence-corrected chi connectivity index (χ0v) is 14.6. The molecule has 1 saturated heterocycles. The second kappa shape index (κ2) is 7.31. The Morgan fingerprint density at radius 1 is 1.16 bits per heavy atom. The molecule has 0 aliphatic carbocycles. The fraction of sp³-hybridized carbons (Fsp3) is 0.278. The number of benzene rings is 2. The molecule has 0 saturated carbocycles.